The van der Waals surface area contributed by atoms with Crippen molar-refractivity contribution >= 4 is 11.5 Å². The molecule has 0 radical (unpaired) electrons. The maximum absolute atomic E-state index is 10.5. The van der Waals surface area contributed by atoms with Crippen molar-refractivity contribution < 1.29 is 14.7 Å². The number of carbonyl (C=O) groups excluding carboxylic acids is 1. The van der Waals surface area contributed by atoms with E-state index in [0.717, 1.165) is 50.0 Å². The zero-order chi connectivity index (χ0) is 31.3. The molecule has 0 bridgehead atoms. The standard InChI is InChI=1S/C20H24.C6H11NO2.C6H14O.2C2H6/c1-4-5-17-6-8-18(9-7-17)10-11-19-12-14-20(15-13-19)16(2)3;1-4(2)5(3)6(8)7-9;1-3-5-7-6-4-2;2*1-2/h6-9,12-15H,2,4-5,10-11H2,1,3H3;5,9H,1H2,2-3H3,(H,7,8);3-6H2,1-2H3;2*1-2H3. The normalized spacial score (nSPS) is 9.97. The fourth-order valence-corrected chi connectivity index (χ4v) is 3.12. The van der Waals surface area contributed by atoms with Crippen molar-refractivity contribution in [1.82, 2.24) is 5.48 Å². The first kappa shape index (κ1) is 41.8. The van der Waals surface area contributed by atoms with E-state index >= 15 is 0 Å². The molecule has 0 fully saturated rings. The highest BCUT2D eigenvalue weighted by atomic mass is 16.5. The lowest BCUT2D eigenvalue weighted by Gasteiger charge is -2.06. The molecule has 0 saturated heterocycles. The van der Waals surface area contributed by atoms with Gasteiger partial charge in [0.25, 0.3) is 0 Å². The molecule has 40 heavy (non-hydrogen) atoms. The maximum Gasteiger partial charge on any atom is 0.250 e. The van der Waals surface area contributed by atoms with Gasteiger partial charge in [0.05, 0.1) is 5.92 Å². The fraction of sp³-hybridized carbons (Fsp3) is 0.528. The van der Waals surface area contributed by atoms with Gasteiger partial charge in [-0.15, -0.1) is 0 Å². The van der Waals surface area contributed by atoms with E-state index in [4.69, 9.17) is 9.94 Å². The number of hydroxylamine groups is 1. The third kappa shape index (κ3) is 22.2. The average molecular weight is 556 g/mol. The van der Waals surface area contributed by atoms with Gasteiger partial charge in [-0.3, -0.25) is 10.0 Å². The summed E-state index contributed by atoms with van der Waals surface area (Å²) >= 11 is 0. The number of rotatable bonds is 12. The minimum Gasteiger partial charge on any atom is -0.381 e. The summed E-state index contributed by atoms with van der Waals surface area (Å²) < 4.78 is 5.13. The zero-order valence-corrected chi connectivity index (χ0v) is 27.5. The SMILES string of the molecule is C=C(C)C(C)C(=O)NO.C=C(C)c1ccc(CCc2ccc(CCC)cc2)cc1.CC.CC.CCCOCCC. The number of allylic oxidation sites excluding steroid dienone is 1. The Kier molecular flexibility index (Phi) is 30.6. The minimum atomic E-state index is -0.414. The Morgan fingerprint density at radius 3 is 1.40 bits per heavy atom. The molecule has 0 aromatic heterocycles. The molecule has 0 heterocycles. The molecule has 4 nitrogen and oxygen atoms in total. The first-order valence-corrected chi connectivity index (χ1v) is 15.2. The quantitative estimate of drug-likeness (QED) is 0.119. The van der Waals surface area contributed by atoms with Crippen molar-refractivity contribution in [3.8, 4) is 0 Å². The van der Waals surface area contributed by atoms with Crippen LogP contribution in [-0.2, 0) is 28.8 Å². The second-order valence-corrected chi connectivity index (χ2v) is 9.20. The van der Waals surface area contributed by atoms with Crippen LogP contribution in [0.2, 0.25) is 0 Å². The minimum absolute atomic E-state index is 0.310. The Hall–Kier alpha value is -2.69. The van der Waals surface area contributed by atoms with Crippen molar-refractivity contribution in [3.05, 3.63) is 89.5 Å². The Bertz CT molecular complexity index is 866. The summed E-state index contributed by atoms with van der Waals surface area (Å²) in [6.45, 7) is 29.3. The van der Waals surface area contributed by atoms with E-state index in [1.165, 1.54) is 35.1 Å². The Morgan fingerprint density at radius 1 is 0.750 bits per heavy atom. The second-order valence-electron chi connectivity index (χ2n) is 9.20. The van der Waals surface area contributed by atoms with Gasteiger partial charge in [-0.25, -0.2) is 5.48 Å². The van der Waals surface area contributed by atoms with Gasteiger partial charge >= 0.3 is 0 Å². The van der Waals surface area contributed by atoms with Gasteiger partial charge in [-0.1, -0.05) is 128 Å². The predicted molar refractivity (Wildman–Crippen MR) is 177 cm³/mol. The molecule has 0 aliphatic heterocycles. The molecule has 1 atom stereocenters. The lowest BCUT2D eigenvalue weighted by molar-refractivity contribution is -0.131. The highest BCUT2D eigenvalue weighted by Crippen LogP contribution is 2.15. The number of aryl methyl sites for hydroxylation is 3. The van der Waals surface area contributed by atoms with Crippen molar-refractivity contribution in [1.29, 1.82) is 0 Å². The number of hydrogen-bond donors (Lipinski definition) is 2. The van der Waals surface area contributed by atoms with Gasteiger partial charge in [-0.2, -0.15) is 0 Å². The molecule has 1 unspecified atom stereocenters. The van der Waals surface area contributed by atoms with Crippen LogP contribution in [0, 0.1) is 5.92 Å². The van der Waals surface area contributed by atoms with Gasteiger partial charge in [0.15, 0.2) is 0 Å². The third-order valence-corrected chi connectivity index (χ3v) is 5.65. The van der Waals surface area contributed by atoms with E-state index in [9.17, 15) is 4.79 Å². The van der Waals surface area contributed by atoms with E-state index in [2.05, 4.69) is 82.5 Å². The van der Waals surface area contributed by atoms with Gasteiger partial charge in [-0.05, 0) is 75.1 Å². The fourth-order valence-electron chi connectivity index (χ4n) is 3.12. The predicted octanol–water partition coefficient (Wildman–Crippen LogP) is 10.0. The first-order chi connectivity index (χ1) is 19.2. The summed E-state index contributed by atoms with van der Waals surface area (Å²) in [5.74, 6) is -0.725. The van der Waals surface area contributed by atoms with Crippen LogP contribution in [0.1, 0.15) is 111 Å². The molecule has 4 heteroatoms. The summed E-state index contributed by atoms with van der Waals surface area (Å²) in [5.41, 5.74) is 8.91. The lowest BCUT2D eigenvalue weighted by Crippen LogP contribution is -2.26. The van der Waals surface area contributed by atoms with Gasteiger partial charge in [0, 0.05) is 13.2 Å². The lowest BCUT2D eigenvalue weighted by atomic mass is 10.0. The van der Waals surface area contributed by atoms with Gasteiger partial charge < -0.3 is 4.74 Å². The molecule has 2 aromatic rings. The number of carbonyl (C=O) groups is 1. The average Bonchev–Trinajstić information content (AvgIpc) is 2.99. The van der Waals surface area contributed by atoms with Crippen LogP contribution in [0.4, 0.5) is 0 Å². The monoisotopic (exact) mass is 555 g/mol. The van der Waals surface area contributed by atoms with Crippen LogP contribution in [0.5, 0.6) is 0 Å². The molecule has 228 valence electrons. The largest absolute Gasteiger partial charge is 0.381 e. The smallest absolute Gasteiger partial charge is 0.250 e. The Labute approximate surface area is 247 Å². The summed E-state index contributed by atoms with van der Waals surface area (Å²) in [6, 6.07) is 17.8. The van der Waals surface area contributed by atoms with Crippen molar-refractivity contribution in [2.45, 2.75) is 108 Å². The number of amides is 1. The summed E-state index contributed by atoms with van der Waals surface area (Å²) in [6.07, 6.45) is 6.89. The highest BCUT2D eigenvalue weighted by Gasteiger charge is 2.10. The molecule has 2 rings (SSSR count). The Morgan fingerprint density at radius 2 is 1.12 bits per heavy atom. The Balaban J connectivity index is -0.000000571. The molecule has 0 saturated carbocycles. The third-order valence-electron chi connectivity index (χ3n) is 5.65. The van der Waals surface area contributed by atoms with Crippen LogP contribution >= 0.6 is 0 Å². The van der Waals surface area contributed by atoms with Crippen molar-refractivity contribution in [2.75, 3.05) is 13.2 Å². The van der Waals surface area contributed by atoms with Crippen molar-refractivity contribution in [2.24, 2.45) is 5.92 Å². The van der Waals surface area contributed by atoms with Crippen LogP contribution < -0.4 is 5.48 Å². The molecular formula is C36H61NO3. The molecule has 1 amide bonds. The number of nitrogens with one attached hydrogen (secondary N) is 1. The number of benzene rings is 2. The first-order valence-electron chi connectivity index (χ1n) is 15.2. The molecular weight excluding hydrogens is 494 g/mol. The number of ether oxygens (including phenoxy) is 1. The summed E-state index contributed by atoms with van der Waals surface area (Å²) in [4.78, 5) is 10.5. The zero-order valence-electron chi connectivity index (χ0n) is 27.5. The maximum atomic E-state index is 10.5. The van der Waals surface area contributed by atoms with Crippen molar-refractivity contribution in [3.63, 3.8) is 0 Å². The van der Waals surface area contributed by atoms with E-state index in [-0.39, 0.29) is 5.92 Å². The van der Waals surface area contributed by atoms with Crippen LogP contribution in [0.25, 0.3) is 5.57 Å². The summed E-state index contributed by atoms with van der Waals surface area (Å²) in [7, 11) is 0. The van der Waals surface area contributed by atoms with E-state index in [1.807, 2.05) is 34.6 Å². The topological polar surface area (TPSA) is 58.6 Å². The molecule has 2 N–H and O–H groups in total. The van der Waals surface area contributed by atoms with Crippen LogP contribution in [-0.4, -0.2) is 24.3 Å². The van der Waals surface area contributed by atoms with Crippen LogP contribution in [0.3, 0.4) is 0 Å². The van der Waals surface area contributed by atoms with Gasteiger partial charge in [0.1, 0.15) is 0 Å². The number of hydrogen-bond acceptors (Lipinski definition) is 3. The molecule has 2 aromatic carbocycles. The second kappa shape index (κ2) is 29.3. The summed E-state index contributed by atoms with van der Waals surface area (Å²) in [5, 5.41) is 8.11. The van der Waals surface area contributed by atoms with Crippen LogP contribution in [0.15, 0.2) is 67.3 Å². The molecule has 0 aliphatic carbocycles. The molecule has 0 aliphatic rings. The van der Waals surface area contributed by atoms with E-state index in [0.29, 0.717) is 0 Å². The van der Waals surface area contributed by atoms with E-state index < -0.39 is 5.91 Å². The highest BCUT2D eigenvalue weighted by molar-refractivity contribution is 5.79. The molecule has 0 spiro atoms. The van der Waals surface area contributed by atoms with E-state index in [1.54, 1.807) is 19.3 Å². The van der Waals surface area contributed by atoms with Gasteiger partial charge in [0.2, 0.25) is 5.91 Å².